The second-order valence-electron chi connectivity index (χ2n) is 4.49. The van der Waals surface area contributed by atoms with Crippen molar-refractivity contribution in [1.29, 1.82) is 0 Å². The molecule has 0 spiro atoms. The minimum absolute atomic E-state index is 0.322. The lowest BCUT2D eigenvalue weighted by Gasteiger charge is -2.21. The van der Waals surface area contributed by atoms with Gasteiger partial charge in [-0.3, -0.25) is 9.54 Å². The van der Waals surface area contributed by atoms with Crippen LogP contribution in [0.2, 0.25) is 0 Å². The first-order valence-electron chi connectivity index (χ1n) is 5.80. The van der Waals surface area contributed by atoms with E-state index in [1.807, 2.05) is 0 Å². The van der Waals surface area contributed by atoms with Gasteiger partial charge in [0, 0.05) is 25.5 Å². The van der Waals surface area contributed by atoms with Gasteiger partial charge in [-0.1, -0.05) is 6.08 Å². The quantitative estimate of drug-likeness (QED) is 0.806. The highest BCUT2D eigenvalue weighted by atomic mass is 32.3. The van der Waals surface area contributed by atoms with E-state index >= 15 is 0 Å². The first-order valence-corrected chi connectivity index (χ1v) is 7.17. The zero-order valence-corrected chi connectivity index (χ0v) is 11.0. The summed E-state index contributed by atoms with van der Waals surface area (Å²) in [6.07, 6.45) is 5.02. The molecule has 8 nitrogen and oxygen atoms in total. The number of carbonyl (C=O) groups is 1. The summed E-state index contributed by atoms with van der Waals surface area (Å²) in [5, 5.41) is 0.670. The smallest absolute Gasteiger partial charge is 0.316 e. The Bertz CT molecular complexity index is 673. The molecule has 2 bridgehead atoms. The van der Waals surface area contributed by atoms with Gasteiger partial charge in [-0.2, -0.15) is 13.5 Å². The topological polar surface area (TPSA) is 100 Å². The molecule has 1 fully saturated rings. The van der Waals surface area contributed by atoms with Gasteiger partial charge >= 0.3 is 16.4 Å². The summed E-state index contributed by atoms with van der Waals surface area (Å²) in [5.41, 5.74) is 1.77. The Morgan fingerprint density at radius 3 is 2.70 bits per heavy atom. The fourth-order valence-corrected chi connectivity index (χ4v) is 2.72. The first kappa shape index (κ1) is 13.0. The highest BCUT2D eigenvalue weighted by Crippen LogP contribution is 2.29. The van der Waals surface area contributed by atoms with E-state index in [-0.39, 0.29) is 0 Å². The lowest BCUT2D eigenvalue weighted by atomic mass is 10.0. The summed E-state index contributed by atoms with van der Waals surface area (Å²) >= 11 is 0. The molecule has 9 heteroatoms. The third kappa shape index (κ3) is 2.38. The number of nitrogens with zero attached hydrogens (tertiary/aromatic N) is 3. The number of urea groups is 1. The Morgan fingerprint density at radius 2 is 2.05 bits per heavy atom. The molecule has 0 saturated carbocycles. The standard InChI is InChI=1S/C11H11N3O5S/c15-11-13-6-9(8-1-3-12-4-2-8)5-10(7-13)14(11)19-20(16,17)18/h1-5,10H,6-7H2,(H,16,17,18). The van der Waals surface area contributed by atoms with Crippen molar-refractivity contribution in [2.24, 2.45) is 0 Å². The number of fused-ring (bicyclic) bond motifs is 2. The number of rotatable bonds is 3. The van der Waals surface area contributed by atoms with Crippen LogP contribution in [0.5, 0.6) is 0 Å². The highest BCUT2D eigenvalue weighted by Gasteiger charge is 2.43. The van der Waals surface area contributed by atoms with Crippen LogP contribution < -0.4 is 0 Å². The zero-order chi connectivity index (χ0) is 14.3. The maximum Gasteiger partial charge on any atom is 0.418 e. The Morgan fingerprint density at radius 1 is 1.35 bits per heavy atom. The Hall–Kier alpha value is -1.97. The third-order valence-electron chi connectivity index (χ3n) is 3.15. The lowest BCUT2D eigenvalue weighted by Crippen LogP contribution is -2.35. The average molecular weight is 297 g/mol. The Kier molecular flexibility index (Phi) is 2.96. The summed E-state index contributed by atoms with van der Waals surface area (Å²) in [6, 6.07) is 2.46. The van der Waals surface area contributed by atoms with Crippen LogP contribution in [0.15, 0.2) is 30.6 Å². The van der Waals surface area contributed by atoms with Crippen molar-refractivity contribution < 1.29 is 22.0 Å². The van der Waals surface area contributed by atoms with Crippen molar-refractivity contribution in [2.45, 2.75) is 6.04 Å². The molecule has 20 heavy (non-hydrogen) atoms. The Balaban J connectivity index is 1.91. The fourth-order valence-electron chi connectivity index (χ4n) is 2.34. The normalized spacial score (nSPS) is 22.1. The molecular weight excluding hydrogens is 286 g/mol. The number of amides is 2. The molecule has 0 aliphatic carbocycles. The lowest BCUT2D eigenvalue weighted by molar-refractivity contribution is -0.0183. The van der Waals surface area contributed by atoms with Crippen LogP contribution in [0.4, 0.5) is 4.79 Å². The first-order chi connectivity index (χ1) is 9.44. The molecule has 2 aliphatic heterocycles. The molecule has 1 unspecified atom stereocenters. The SMILES string of the molecule is O=C1N2CC(c3ccncc3)=CC(C2)N1OS(=O)(=O)O. The van der Waals surface area contributed by atoms with Crippen molar-refractivity contribution in [3.8, 4) is 0 Å². The summed E-state index contributed by atoms with van der Waals surface area (Å²) < 4.78 is 34.6. The number of hydrogen-bond donors (Lipinski definition) is 1. The van der Waals surface area contributed by atoms with E-state index < -0.39 is 22.5 Å². The fraction of sp³-hybridized carbons (Fsp3) is 0.273. The average Bonchev–Trinajstić information content (AvgIpc) is 2.62. The summed E-state index contributed by atoms with van der Waals surface area (Å²) in [5.74, 6) is 0. The molecule has 2 amide bonds. The molecule has 0 aromatic carbocycles. The van der Waals surface area contributed by atoms with Crippen LogP contribution in [0, 0.1) is 0 Å². The molecular formula is C11H11N3O5S. The van der Waals surface area contributed by atoms with Gasteiger partial charge in [0.1, 0.15) is 0 Å². The molecule has 106 valence electrons. The predicted molar refractivity (Wildman–Crippen MR) is 67.4 cm³/mol. The molecule has 0 radical (unpaired) electrons. The number of hydroxylamine groups is 2. The van der Waals surface area contributed by atoms with Crippen LogP contribution in [-0.4, -0.2) is 53.1 Å². The second kappa shape index (κ2) is 4.54. The molecule has 1 aromatic heterocycles. The number of aromatic nitrogens is 1. The maximum atomic E-state index is 11.9. The van der Waals surface area contributed by atoms with Gasteiger partial charge in [-0.05, 0) is 23.3 Å². The van der Waals surface area contributed by atoms with E-state index in [4.69, 9.17) is 4.55 Å². The number of pyridine rings is 1. The minimum atomic E-state index is -4.72. The van der Waals surface area contributed by atoms with Gasteiger partial charge in [0.15, 0.2) is 0 Å². The maximum absolute atomic E-state index is 11.9. The van der Waals surface area contributed by atoms with Crippen molar-refractivity contribution in [1.82, 2.24) is 14.9 Å². The number of carbonyl (C=O) groups excluding carboxylic acids is 1. The van der Waals surface area contributed by atoms with Crippen LogP contribution in [0.25, 0.3) is 5.57 Å². The van der Waals surface area contributed by atoms with Gasteiger partial charge < -0.3 is 4.90 Å². The van der Waals surface area contributed by atoms with Crippen molar-refractivity contribution in [2.75, 3.05) is 13.1 Å². The van der Waals surface area contributed by atoms with Gasteiger partial charge in [0.25, 0.3) is 0 Å². The van der Waals surface area contributed by atoms with E-state index in [0.717, 1.165) is 11.1 Å². The van der Waals surface area contributed by atoms with Gasteiger partial charge in [0.05, 0.1) is 6.04 Å². The second-order valence-corrected chi connectivity index (χ2v) is 5.49. The van der Waals surface area contributed by atoms with Crippen molar-refractivity contribution in [3.05, 3.63) is 36.2 Å². The third-order valence-corrected chi connectivity index (χ3v) is 3.50. The number of hydrogen-bond acceptors (Lipinski definition) is 5. The molecule has 3 heterocycles. The van der Waals surface area contributed by atoms with Crippen LogP contribution in [0.3, 0.4) is 0 Å². The molecule has 3 rings (SSSR count). The predicted octanol–water partition coefficient (Wildman–Crippen LogP) is 0.319. The molecule has 1 atom stereocenters. The Labute approximate surface area is 115 Å². The van der Waals surface area contributed by atoms with E-state index in [2.05, 4.69) is 9.27 Å². The summed E-state index contributed by atoms with van der Waals surface area (Å²) in [4.78, 5) is 17.3. The minimum Gasteiger partial charge on any atom is -0.316 e. The monoisotopic (exact) mass is 297 g/mol. The van der Waals surface area contributed by atoms with E-state index in [1.54, 1.807) is 30.6 Å². The van der Waals surface area contributed by atoms with Gasteiger partial charge in [0.2, 0.25) is 0 Å². The molecule has 1 saturated heterocycles. The largest absolute Gasteiger partial charge is 0.418 e. The van der Waals surface area contributed by atoms with Crippen molar-refractivity contribution in [3.63, 3.8) is 0 Å². The van der Waals surface area contributed by atoms with Crippen LogP contribution in [-0.2, 0) is 14.7 Å². The zero-order valence-electron chi connectivity index (χ0n) is 10.2. The molecule has 2 aliphatic rings. The molecule has 1 aromatic rings. The molecule has 1 N–H and O–H groups in total. The van der Waals surface area contributed by atoms with Gasteiger partial charge in [-0.15, -0.1) is 4.28 Å². The van der Waals surface area contributed by atoms with Crippen LogP contribution in [0.1, 0.15) is 5.56 Å². The summed E-state index contributed by atoms with van der Waals surface area (Å²) in [6.45, 7) is 0.674. The van der Waals surface area contributed by atoms with Crippen LogP contribution >= 0.6 is 0 Å². The highest BCUT2D eigenvalue weighted by molar-refractivity contribution is 7.80. The summed E-state index contributed by atoms with van der Waals surface area (Å²) in [7, 11) is -4.72. The van der Waals surface area contributed by atoms with Crippen molar-refractivity contribution >= 4 is 22.0 Å². The van der Waals surface area contributed by atoms with E-state index in [9.17, 15) is 13.2 Å². The van der Waals surface area contributed by atoms with Gasteiger partial charge in [-0.25, -0.2) is 4.79 Å². The van der Waals surface area contributed by atoms with E-state index in [1.165, 1.54) is 4.90 Å². The van der Waals surface area contributed by atoms with E-state index in [0.29, 0.717) is 18.2 Å².